The van der Waals surface area contributed by atoms with Crippen LogP contribution < -0.4 is 21.3 Å². The second kappa shape index (κ2) is 19.3. The molecule has 4 N–H and O–H groups in total. The van der Waals surface area contributed by atoms with Crippen molar-refractivity contribution < 1.29 is 28.8 Å². The van der Waals surface area contributed by atoms with Gasteiger partial charge in [0.2, 0.25) is 12.1 Å². The van der Waals surface area contributed by atoms with Crippen LogP contribution in [0.3, 0.4) is 0 Å². The maximum absolute atomic E-state index is 13.3. The third-order valence-electron chi connectivity index (χ3n) is 8.40. The first-order chi connectivity index (χ1) is 27.7. The number of hydrogen-bond donors (Lipinski definition) is 4. The fourth-order valence-corrected chi connectivity index (χ4v) is 5.59. The maximum atomic E-state index is 13.3. The monoisotopic (exact) mass is 818 g/mol. The molecule has 0 saturated heterocycles. The number of amides is 4. The van der Waals surface area contributed by atoms with Gasteiger partial charge in [0.25, 0.3) is 23.6 Å². The summed E-state index contributed by atoms with van der Waals surface area (Å²) in [6, 6.07) is 26.3. The molecular weight excluding hydrogens is 783 g/mol. The first-order valence-corrected chi connectivity index (χ1v) is 18.3. The Bertz CT molecular complexity index is 2290. The minimum absolute atomic E-state index is 0.0693. The van der Waals surface area contributed by atoms with Crippen molar-refractivity contribution in [3.63, 3.8) is 0 Å². The summed E-state index contributed by atoms with van der Waals surface area (Å²) in [6.07, 6.45) is 0. The van der Waals surface area contributed by atoms with Crippen LogP contribution in [0, 0.1) is 13.8 Å². The highest BCUT2D eigenvalue weighted by Crippen LogP contribution is 2.30. The fourth-order valence-electron chi connectivity index (χ4n) is 5.27. The van der Waals surface area contributed by atoms with Gasteiger partial charge in [0.15, 0.2) is 11.6 Å². The number of carbonyl (C=O) groups excluding carboxylic acids is 6. The van der Waals surface area contributed by atoms with E-state index in [1.54, 1.807) is 74.5 Å². The molecule has 5 rings (SSSR count). The van der Waals surface area contributed by atoms with Crippen LogP contribution in [0.15, 0.2) is 130 Å². The van der Waals surface area contributed by atoms with Gasteiger partial charge in [0.05, 0.1) is 10.0 Å². The molecule has 0 heterocycles. The lowest BCUT2D eigenvalue weighted by atomic mass is 10.1. The van der Waals surface area contributed by atoms with Gasteiger partial charge in [-0.15, -0.1) is 0 Å². The number of carbonyl (C=O) groups is 6. The Morgan fingerprint density at radius 2 is 0.862 bits per heavy atom. The third-order valence-corrected chi connectivity index (χ3v) is 9.04. The van der Waals surface area contributed by atoms with Crippen LogP contribution in [-0.4, -0.2) is 47.3 Å². The minimum Gasteiger partial charge on any atom is -0.324 e. The number of aryl methyl sites for hydroxylation is 2. The highest BCUT2D eigenvalue weighted by atomic mass is 35.5. The second-order valence-electron chi connectivity index (χ2n) is 12.9. The SMILES string of the molecule is CC(=O)C(N=Nc1cc(C(=O)Nc2ccccc2)ccc1Cl)C(=O)Nc1cc(C)c(NC(=O)C(N=Nc2cc(C(=O)Nc3ccccc3)ccc2Cl)C(C)=O)cc1C. The summed E-state index contributed by atoms with van der Waals surface area (Å²) in [6.45, 7) is 5.68. The lowest BCUT2D eigenvalue weighted by Crippen LogP contribution is -2.32. The number of benzene rings is 5. The van der Waals surface area contributed by atoms with E-state index in [4.69, 9.17) is 23.2 Å². The molecular formula is C42H36Cl2N8O6. The van der Waals surface area contributed by atoms with E-state index < -0.39 is 47.3 Å². The Morgan fingerprint density at radius 1 is 0.500 bits per heavy atom. The van der Waals surface area contributed by atoms with E-state index in [0.29, 0.717) is 33.9 Å². The van der Waals surface area contributed by atoms with E-state index in [1.807, 2.05) is 12.1 Å². The molecule has 0 radical (unpaired) electrons. The molecule has 14 nitrogen and oxygen atoms in total. The number of azo groups is 2. The van der Waals surface area contributed by atoms with Gasteiger partial charge < -0.3 is 21.3 Å². The first kappa shape index (κ1) is 42.2. The highest BCUT2D eigenvalue weighted by Gasteiger charge is 2.26. The Morgan fingerprint density at radius 3 is 1.21 bits per heavy atom. The third kappa shape index (κ3) is 11.1. The number of para-hydroxylation sites is 2. The molecule has 16 heteroatoms. The Kier molecular flexibility index (Phi) is 14.1. The molecule has 5 aromatic rings. The van der Waals surface area contributed by atoms with Gasteiger partial charge in [-0.3, -0.25) is 28.8 Å². The van der Waals surface area contributed by atoms with Crippen LogP contribution in [0.1, 0.15) is 45.7 Å². The molecule has 58 heavy (non-hydrogen) atoms. The maximum Gasteiger partial charge on any atom is 0.258 e. The van der Waals surface area contributed by atoms with Crippen molar-refractivity contribution in [1.29, 1.82) is 0 Å². The van der Waals surface area contributed by atoms with Crippen molar-refractivity contribution >= 4 is 92.5 Å². The summed E-state index contributed by atoms with van der Waals surface area (Å²) >= 11 is 12.6. The first-order valence-electron chi connectivity index (χ1n) is 17.6. The van der Waals surface area contributed by atoms with Crippen LogP contribution in [0.4, 0.5) is 34.1 Å². The molecule has 0 bridgehead atoms. The zero-order chi connectivity index (χ0) is 41.9. The summed E-state index contributed by atoms with van der Waals surface area (Å²) in [5.74, 6) is -3.65. The molecule has 0 spiro atoms. The smallest absolute Gasteiger partial charge is 0.258 e. The van der Waals surface area contributed by atoms with Gasteiger partial charge in [-0.2, -0.15) is 20.5 Å². The molecule has 0 aliphatic rings. The number of nitrogens with zero attached hydrogens (tertiary/aromatic N) is 4. The number of Topliss-reactive ketones (excluding diaryl/α,β-unsaturated/α-hetero) is 2. The molecule has 5 aromatic carbocycles. The fraction of sp³-hybridized carbons (Fsp3) is 0.143. The minimum atomic E-state index is -1.56. The average Bonchev–Trinajstić information content (AvgIpc) is 3.18. The largest absolute Gasteiger partial charge is 0.324 e. The lowest BCUT2D eigenvalue weighted by molar-refractivity contribution is -0.127. The zero-order valence-corrected chi connectivity index (χ0v) is 33.1. The van der Waals surface area contributed by atoms with E-state index in [2.05, 4.69) is 41.7 Å². The number of hydrogen-bond acceptors (Lipinski definition) is 10. The van der Waals surface area contributed by atoms with Crippen molar-refractivity contribution in [3.8, 4) is 0 Å². The van der Waals surface area contributed by atoms with E-state index in [0.717, 1.165) is 0 Å². The molecule has 0 saturated carbocycles. The van der Waals surface area contributed by atoms with Crippen LogP contribution in [-0.2, 0) is 19.2 Å². The quantitative estimate of drug-likeness (QED) is 0.0635. The van der Waals surface area contributed by atoms with Crippen molar-refractivity contribution in [2.24, 2.45) is 20.5 Å². The van der Waals surface area contributed by atoms with Crippen LogP contribution in [0.5, 0.6) is 0 Å². The van der Waals surface area contributed by atoms with E-state index in [1.165, 1.54) is 50.2 Å². The Labute approximate surface area is 343 Å². The summed E-state index contributed by atoms with van der Waals surface area (Å²) < 4.78 is 0. The lowest BCUT2D eigenvalue weighted by Gasteiger charge is -2.16. The summed E-state index contributed by atoms with van der Waals surface area (Å²) in [7, 11) is 0. The standard InChI is InChI=1S/C42H36Cl2N8O6/c1-23-19-34(48-42(58)38(26(4)54)52-50-36-22-28(16-18-32(36)44)40(56)46-30-13-9-6-10-14-30)24(2)20-33(23)47-41(57)37(25(3)53)51-49-35-21-27(15-17-31(35)43)39(55)45-29-11-7-5-8-12-29/h5-22,37-38H,1-4H3,(H,45,55)(H,46,56)(H,47,57)(H,48,58). The molecule has 0 aromatic heterocycles. The average molecular weight is 820 g/mol. The number of rotatable bonds is 14. The van der Waals surface area contributed by atoms with Gasteiger partial charge in [-0.1, -0.05) is 59.6 Å². The molecule has 4 amide bonds. The number of ketones is 2. The molecule has 2 unspecified atom stereocenters. The number of nitrogens with one attached hydrogen (secondary N) is 4. The topological polar surface area (TPSA) is 200 Å². The van der Waals surface area contributed by atoms with Crippen molar-refractivity contribution in [2.75, 3.05) is 21.3 Å². The van der Waals surface area contributed by atoms with E-state index >= 15 is 0 Å². The predicted molar refractivity (Wildman–Crippen MR) is 223 cm³/mol. The number of anilines is 4. The van der Waals surface area contributed by atoms with Gasteiger partial charge in [0, 0.05) is 33.9 Å². The van der Waals surface area contributed by atoms with E-state index in [9.17, 15) is 28.8 Å². The molecule has 2 atom stereocenters. The van der Waals surface area contributed by atoms with Crippen molar-refractivity contribution in [3.05, 3.63) is 141 Å². The van der Waals surface area contributed by atoms with Crippen molar-refractivity contribution in [2.45, 2.75) is 39.8 Å². The predicted octanol–water partition coefficient (Wildman–Crippen LogP) is 9.47. The molecule has 294 valence electrons. The summed E-state index contributed by atoms with van der Waals surface area (Å²) in [4.78, 5) is 77.4. The van der Waals surface area contributed by atoms with Crippen LogP contribution in [0.25, 0.3) is 0 Å². The summed E-state index contributed by atoms with van der Waals surface area (Å²) in [5, 5.41) is 27.2. The Balaban J connectivity index is 1.26. The van der Waals surface area contributed by atoms with Crippen LogP contribution >= 0.6 is 23.2 Å². The second-order valence-corrected chi connectivity index (χ2v) is 13.7. The van der Waals surface area contributed by atoms with Crippen LogP contribution in [0.2, 0.25) is 10.0 Å². The number of halogens is 2. The highest BCUT2D eigenvalue weighted by molar-refractivity contribution is 6.33. The van der Waals surface area contributed by atoms with Gasteiger partial charge in [-0.05, 0) is 112 Å². The molecule has 0 fully saturated rings. The van der Waals surface area contributed by atoms with Gasteiger partial charge in [-0.25, -0.2) is 0 Å². The zero-order valence-electron chi connectivity index (χ0n) is 31.5. The van der Waals surface area contributed by atoms with Gasteiger partial charge >= 0.3 is 0 Å². The Hall–Kier alpha value is -6.90. The van der Waals surface area contributed by atoms with Gasteiger partial charge in [0.1, 0.15) is 11.4 Å². The summed E-state index contributed by atoms with van der Waals surface area (Å²) in [5.41, 5.74) is 3.36. The molecule has 0 aliphatic heterocycles. The van der Waals surface area contributed by atoms with E-state index in [-0.39, 0.29) is 32.5 Å². The van der Waals surface area contributed by atoms with Crippen molar-refractivity contribution in [1.82, 2.24) is 0 Å². The molecule has 0 aliphatic carbocycles. The normalized spacial score (nSPS) is 12.1.